The summed E-state index contributed by atoms with van der Waals surface area (Å²) in [6.07, 6.45) is 8.06. The Morgan fingerprint density at radius 3 is 2.17 bits per heavy atom. The van der Waals surface area contributed by atoms with Crippen LogP contribution in [0.3, 0.4) is 0 Å². The van der Waals surface area contributed by atoms with Crippen LogP contribution in [-0.4, -0.2) is 58.5 Å². The molecule has 1 aliphatic rings. The van der Waals surface area contributed by atoms with E-state index in [0.29, 0.717) is 17.8 Å². The summed E-state index contributed by atoms with van der Waals surface area (Å²) >= 11 is 0. The lowest BCUT2D eigenvalue weighted by molar-refractivity contribution is -0.136. The Bertz CT molecular complexity index is 1630. The Morgan fingerprint density at radius 1 is 0.875 bits per heavy atom. The number of carboxylic acids is 1. The van der Waals surface area contributed by atoms with E-state index in [0.717, 1.165) is 46.6 Å². The molecule has 3 N–H and O–H groups in total. The lowest BCUT2D eigenvalue weighted by Crippen LogP contribution is -2.43. The second kappa shape index (κ2) is 16.0. The van der Waals surface area contributed by atoms with Crippen LogP contribution < -0.4 is 15.4 Å². The fourth-order valence-corrected chi connectivity index (χ4v) is 5.54. The van der Waals surface area contributed by atoms with E-state index in [2.05, 4.69) is 48.3 Å². The highest BCUT2D eigenvalue weighted by molar-refractivity contribution is 5.94. The first-order valence-corrected chi connectivity index (χ1v) is 16.8. The van der Waals surface area contributed by atoms with Crippen molar-refractivity contribution in [3.63, 3.8) is 0 Å². The van der Waals surface area contributed by atoms with Crippen molar-refractivity contribution in [2.75, 3.05) is 13.2 Å². The molecule has 9 heteroatoms. The molecule has 4 aromatic rings. The van der Waals surface area contributed by atoms with Crippen molar-refractivity contribution in [2.24, 2.45) is 0 Å². The predicted molar refractivity (Wildman–Crippen MR) is 187 cm³/mol. The van der Waals surface area contributed by atoms with E-state index in [1.165, 1.54) is 19.3 Å². The van der Waals surface area contributed by atoms with Gasteiger partial charge >= 0.3 is 5.97 Å². The number of nitrogens with zero attached hydrogens (tertiary/aromatic N) is 2. The molecule has 1 aliphatic heterocycles. The van der Waals surface area contributed by atoms with Crippen LogP contribution in [-0.2, 0) is 21.4 Å². The molecule has 48 heavy (non-hydrogen) atoms. The number of unbranched alkanes of at least 4 members (excludes halogenated alkanes) is 3. The normalized spacial score (nSPS) is 16.2. The summed E-state index contributed by atoms with van der Waals surface area (Å²) in [5.74, 6) is 0.308. The van der Waals surface area contributed by atoms with Gasteiger partial charge < -0.3 is 19.9 Å². The zero-order valence-electron chi connectivity index (χ0n) is 28.2. The number of rotatable bonds is 16. The third-order valence-electron chi connectivity index (χ3n) is 8.48. The zero-order valence-corrected chi connectivity index (χ0v) is 28.2. The molecule has 1 amide bonds. The molecule has 5 rings (SSSR count). The van der Waals surface area contributed by atoms with Gasteiger partial charge in [0.2, 0.25) is 0 Å². The third-order valence-corrected chi connectivity index (χ3v) is 8.48. The van der Waals surface area contributed by atoms with E-state index in [1.54, 1.807) is 0 Å². The van der Waals surface area contributed by atoms with Gasteiger partial charge in [-0.2, -0.15) is 0 Å². The Kier molecular flexibility index (Phi) is 11.6. The van der Waals surface area contributed by atoms with Crippen LogP contribution in [0, 0.1) is 0 Å². The fourth-order valence-electron chi connectivity index (χ4n) is 5.54. The number of epoxide rings is 1. The number of ether oxygens (including phenoxy) is 2. The first-order chi connectivity index (χ1) is 23.1. The SMILES string of the molecule is CCCCCCOc1ccc(-c2cnc(-c3ccc(C[C@H](NC(=O)c4ccc(C(C)(C)C)cc4)C4OC4NCC(=O)O)cc3)nc2)cc1. The smallest absolute Gasteiger partial charge is 0.317 e. The molecule has 1 fully saturated rings. The van der Waals surface area contributed by atoms with Crippen LogP contribution >= 0.6 is 0 Å². The van der Waals surface area contributed by atoms with E-state index in [9.17, 15) is 9.59 Å². The van der Waals surface area contributed by atoms with Crippen molar-refractivity contribution in [3.05, 3.63) is 102 Å². The highest BCUT2D eigenvalue weighted by atomic mass is 16.6. The minimum absolute atomic E-state index is 0.0172. The number of aliphatic carboxylic acids is 1. The maximum Gasteiger partial charge on any atom is 0.317 e. The van der Waals surface area contributed by atoms with Crippen molar-refractivity contribution in [2.45, 2.75) is 83.6 Å². The quantitative estimate of drug-likeness (QED) is 0.0893. The molecule has 2 heterocycles. The summed E-state index contributed by atoms with van der Waals surface area (Å²) in [7, 11) is 0. The number of hydrogen-bond donors (Lipinski definition) is 3. The van der Waals surface area contributed by atoms with Gasteiger partial charge in [-0.05, 0) is 59.2 Å². The number of carboxylic acid groups (broad SMARTS) is 1. The number of benzene rings is 3. The maximum atomic E-state index is 13.3. The number of hydrogen-bond acceptors (Lipinski definition) is 7. The van der Waals surface area contributed by atoms with E-state index in [-0.39, 0.29) is 30.0 Å². The average molecular weight is 651 g/mol. The molecular weight excluding hydrogens is 604 g/mol. The monoisotopic (exact) mass is 650 g/mol. The Balaban J connectivity index is 1.21. The van der Waals surface area contributed by atoms with Crippen molar-refractivity contribution in [1.82, 2.24) is 20.6 Å². The second-order valence-electron chi connectivity index (χ2n) is 13.3. The number of nitrogens with one attached hydrogen (secondary N) is 2. The number of carbonyl (C=O) groups excluding carboxylic acids is 1. The van der Waals surface area contributed by atoms with Gasteiger partial charge in [-0.1, -0.05) is 95.5 Å². The number of carbonyl (C=O) groups is 2. The van der Waals surface area contributed by atoms with Gasteiger partial charge in [-0.15, -0.1) is 0 Å². The molecule has 1 aromatic heterocycles. The lowest BCUT2D eigenvalue weighted by Gasteiger charge is -2.20. The van der Waals surface area contributed by atoms with E-state index in [1.807, 2.05) is 85.2 Å². The summed E-state index contributed by atoms with van der Waals surface area (Å²) < 4.78 is 11.6. The molecule has 0 bridgehead atoms. The molecule has 252 valence electrons. The Morgan fingerprint density at radius 2 is 1.54 bits per heavy atom. The van der Waals surface area contributed by atoms with Crippen molar-refractivity contribution < 1.29 is 24.2 Å². The topological polar surface area (TPSA) is 126 Å². The van der Waals surface area contributed by atoms with Crippen molar-refractivity contribution >= 4 is 11.9 Å². The van der Waals surface area contributed by atoms with Gasteiger partial charge in [0.05, 0.1) is 19.2 Å². The van der Waals surface area contributed by atoms with Crippen LogP contribution in [0.1, 0.15) is 74.9 Å². The number of amides is 1. The first kappa shape index (κ1) is 34.7. The van der Waals surface area contributed by atoms with Crippen LogP contribution in [0.25, 0.3) is 22.5 Å². The van der Waals surface area contributed by atoms with Crippen LogP contribution in [0.2, 0.25) is 0 Å². The summed E-state index contributed by atoms with van der Waals surface area (Å²) in [6.45, 7) is 9.11. The molecular formula is C39H46N4O5. The average Bonchev–Trinajstić information content (AvgIpc) is 3.87. The molecule has 2 unspecified atom stereocenters. The molecule has 1 saturated heterocycles. The fraction of sp³-hybridized carbons (Fsp3) is 0.385. The standard InChI is InChI=1S/C39H46N4O5/c1-5-6-7-8-21-47-32-19-15-27(16-20-32)30-23-40-36(41-24-30)28-11-9-26(10-12-28)22-33(35-38(48-35)42-25-34(44)45)43-37(46)29-13-17-31(18-14-29)39(2,3)4/h9-20,23-24,33,35,38,42H,5-8,21-22,25H2,1-4H3,(H,43,46)(H,44,45)/t33-,35?,38?/m0/s1. The molecule has 0 aliphatic carbocycles. The minimum atomic E-state index is -0.967. The summed E-state index contributed by atoms with van der Waals surface area (Å²) in [5.41, 5.74) is 5.49. The Labute approximate surface area is 283 Å². The lowest BCUT2D eigenvalue weighted by atomic mass is 9.86. The second-order valence-corrected chi connectivity index (χ2v) is 13.3. The van der Waals surface area contributed by atoms with Crippen LogP contribution in [0.5, 0.6) is 5.75 Å². The van der Waals surface area contributed by atoms with E-state index < -0.39 is 12.2 Å². The molecule has 0 saturated carbocycles. The van der Waals surface area contributed by atoms with Gasteiger partial charge in [-0.25, -0.2) is 9.97 Å². The zero-order chi connectivity index (χ0) is 34.1. The summed E-state index contributed by atoms with van der Waals surface area (Å²) in [5, 5.41) is 15.1. The molecule has 0 spiro atoms. The van der Waals surface area contributed by atoms with Crippen molar-refractivity contribution in [1.29, 1.82) is 0 Å². The highest BCUT2D eigenvalue weighted by Crippen LogP contribution is 2.28. The summed E-state index contributed by atoms with van der Waals surface area (Å²) in [4.78, 5) is 33.6. The minimum Gasteiger partial charge on any atom is -0.494 e. The van der Waals surface area contributed by atoms with Gasteiger partial charge in [0.25, 0.3) is 5.91 Å². The first-order valence-electron chi connectivity index (χ1n) is 16.8. The third kappa shape index (κ3) is 9.71. The summed E-state index contributed by atoms with van der Waals surface area (Å²) in [6, 6.07) is 23.2. The Hall–Kier alpha value is -4.60. The molecule has 9 nitrogen and oxygen atoms in total. The molecule has 0 radical (unpaired) electrons. The van der Waals surface area contributed by atoms with Crippen LogP contribution in [0.4, 0.5) is 0 Å². The van der Waals surface area contributed by atoms with Crippen LogP contribution in [0.15, 0.2) is 85.2 Å². The van der Waals surface area contributed by atoms with E-state index >= 15 is 0 Å². The highest BCUT2D eigenvalue weighted by Gasteiger charge is 2.45. The van der Waals surface area contributed by atoms with Gasteiger partial charge in [0.15, 0.2) is 5.82 Å². The van der Waals surface area contributed by atoms with Crippen molar-refractivity contribution in [3.8, 4) is 28.3 Å². The maximum absolute atomic E-state index is 13.3. The van der Waals surface area contributed by atoms with E-state index in [4.69, 9.17) is 14.6 Å². The predicted octanol–water partition coefficient (Wildman–Crippen LogP) is 6.81. The largest absolute Gasteiger partial charge is 0.494 e. The molecule has 3 aromatic carbocycles. The van der Waals surface area contributed by atoms with Gasteiger partial charge in [0.1, 0.15) is 18.1 Å². The van der Waals surface area contributed by atoms with Gasteiger partial charge in [0, 0.05) is 29.1 Å². The molecule has 3 atom stereocenters. The number of aromatic nitrogens is 2. The van der Waals surface area contributed by atoms with Gasteiger partial charge in [-0.3, -0.25) is 14.9 Å².